The second-order valence-corrected chi connectivity index (χ2v) is 9.74. The zero-order chi connectivity index (χ0) is 23.6. The standard InChI is InChI=1S/C24H22N2O6S/c1-25(2)33(29,30)20-12-13-21-23(14-20)32-24(28)26(21)15-22(27)18-8-10-19(11-9-18)31-16-17-6-4-3-5-7-17/h3-14H,15-16H2,1-2H3. The number of carbonyl (C=O) groups excluding carboxylic acids is 1. The van der Waals surface area contributed by atoms with E-state index in [0.29, 0.717) is 23.4 Å². The van der Waals surface area contributed by atoms with Crippen molar-refractivity contribution < 1.29 is 22.4 Å². The van der Waals surface area contributed by atoms with Gasteiger partial charge in [0.05, 0.1) is 17.0 Å². The topological polar surface area (TPSA) is 98.8 Å². The number of nitrogens with zero attached hydrogens (tertiary/aromatic N) is 2. The number of rotatable bonds is 8. The van der Waals surface area contributed by atoms with E-state index in [1.807, 2.05) is 30.3 Å². The molecule has 0 unspecified atom stereocenters. The van der Waals surface area contributed by atoms with Crippen LogP contribution in [0.5, 0.6) is 5.75 Å². The van der Waals surface area contributed by atoms with Gasteiger partial charge in [-0.2, -0.15) is 0 Å². The van der Waals surface area contributed by atoms with Gasteiger partial charge in [-0.05, 0) is 42.0 Å². The molecular formula is C24H22N2O6S. The van der Waals surface area contributed by atoms with E-state index < -0.39 is 15.8 Å². The molecule has 0 aliphatic heterocycles. The molecule has 4 rings (SSSR count). The van der Waals surface area contributed by atoms with Crippen LogP contribution in [0.1, 0.15) is 15.9 Å². The Balaban J connectivity index is 1.50. The fourth-order valence-electron chi connectivity index (χ4n) is 3.28. The molecule has 9 heteroatoms. The molecule has 0 spiro atoms. The first-order chi connectivity index (χ1) is 15.8. The number of ketones is 1. The molecule has 8 nitrogen and oxygen atoms in total. The molecular weight excluding hydrogens is 444 g/mol. The molecule has 0 radical (unpaired) electrons. The maximum absolute atomic E-state index is 12.8. The zero-order valence-corrected chi connectivity index (χ0v) is 18.9. The molecule has 0 aliphatic carbocycles. The van der Waals surface area contributed by atoms with Gasteiger partial charge in [0, 0.05) is 25.7 Å². The highest BCUT2D eigenvalue weighted by Crippen LogP contribution is 2.21. The van der Waals surface area contributed by atoms with Crippen molar-refractivity contribution >= 4 is 26.9 Å². The van der Waals surface area contributed by atoms with E-state index in [4.69, 9.17) is 9.15 Å². The number of ether oxygens (including phenoxy) is 1. The Kier molecular flexibility index (Phi) is 6.17. The Bertz CT molecular complexity index is 1450. The van der Waals surface area contributed by atoms with E-state index in [1.165, 1.54) is 36.9 Å². The van der Waals surface area contributed by atoms with E-state index >= 15 is 0 Å². The van der Waals surface area contributed by atoms with Gasteiger partial charge in [0.25, 0.3) is 0 Å². The lowest BCUT2D eigenvalue weighted by Gasteiger charge is -2.11. The van der Waals surface area contributed by atoms with Crippen LogP contribution in [-0.2, 0) is 23.2 Å². The number of hydrogen-bond donors (Lipinski definition) is 0. The third kappa shape index (κ3) is 4.74. The number of fused-ring (bicyclic) bond motifs is 1. The summed E-state index contributed by atoms with van der Waals surface area (Å²) < 4.78 is 37.8. The lowest BCUT2D eigenvalue weighted by atomic mass is 10.1. The van der Waals surface area contributed by atoms with Gasteiger partial charge in [-0.15, -0.1) is 0 Å². The predicted octanol–water partition coefficient (Wildman–Crippen LogP) is 3.31. The molecule has 4 aromatic rings. The van der Waals surface area contributed by atoms with Crippen LogP contribution in [0.3, 0.4) is 0 Å². The Morgan fingerprint density at radius 2 is 1.70 bits per heavy atom. The third-order valence-corrected chi connectivity index (χ3v) is 6.96. The lowest BCUT2D eigenvalue weighted by molar-refractivity contribution is 0.0970. The molecule has 0 atom stereocenters. The highest BCUT2D eigenvalue weighted by Gasteiger charge is 2.20. The molecule has 0 fully saturated rings. The Morgan fingerprint density at radius 3 is 2.36 bits per heavy atom. The van der Waals surface area contributed by atoms with Crippen molar-refractivity contribution in [2.75, 3.05) is 14.1 Å². The normalized spacial score (nSPS) is 11.7. The Morgan fingerprint density at radius 1 is 1.00 bits per heavy atom. The SMILES string of the molecule is CN(C)S(=O)(=O)c1ccc2c(c1)oc(=O)n2CC(=O)c1ccc(OCc2ccccc2)cc1. The van der Waals surface area contributed by atoms with Gasteiger partial charge in [-0.25, -0.2) is 17.5 Å². The minimum absolute atomic E-state index is 0.00156. The van der Waals surface area contributed by atoms with E-state index in [2.05, 4.69) is 0 Å². The van der Waals surface area contributed by atoms with Gasteiger partial charge < -0.3 is 9.15 Å². The second kappa shape index (κ2) is 9.05. The van der Waals surface area contributed by atoms with Crippen LogP contribution in [0.2, 0.25) is 0 Å². The zero-order valence-electron chi connectivity index (χ0n) is 18.1. The summed E-state index contributed by atoms with van der Waals surface area (Å²) in [7, 11) is -0.853. The molecule has 1 aromatic heterocycles. The van der Waals surface area contributed by atoms with Gasteiger partial charge in [-0.3, -0.25) is 9.36 Å². The first kappa shape index (κ1) is 22.5. The average molecular weight is 467 g/mol. The van der Waals surface area contributed by atoms with Crippen molar-refractivity contribution in [3.05, 3.63) is 94.5 Å². The van der Waals surface area contributed by atoms with Crippen molar-refractivity contribution in [2.24, 2.45) is 0 Å². The van der Waals surface area contributed by atoms with Gasteiger partial charge in [0.15, 0.2) is 11.4 Å². The third-order valence-electron chi connectivity index (χ3n) is 5.14. The molecule has 33 heavy (non-hydrogen) atoms. The van der Waals surface area contributed by atoms with E-state index in [0.717, 1.165) is 9.87 Å². The van der Waals surface area contributed by atoms with Crippen LogP contribution in [0.25, 0.3) is 11.1 Å². The highest BCUT2D eigenvalue weighted by atomic mass is 32.2. The van der Waals surface area contributed by atoms with Crippen LogP contribution in [0.4, 0.5) is 0 Å². The van der Waals surface area contributed by atoms with Crippen LogP contribution >= 0.6 is 0 Å². The maximum Gasteiger partial charge on any atom is 0.420 e. The molecule has 0 amide bonds. The van der Waals surface area contributed by atoms with Gasteiger partial charge in [0.2, 0.25) is 10.0 Å². The van der Waals surface area contributed by atoms with Crippen molar-refractivity contribution in [3.8, 4) is 5.75 Å². The maximum atomic E-state index is 12.8. The molecule has 0 N–H and O–H groups in total. The van der Waals surface area contributed by atoms with Crippen LogP contribution in [-0.4, -0.2) is 37.2 Å². The average Bonchev–Trinajstić information content (AvgIpc) is 3.12. The Hall–Kier alpha value is -3.69. The van der Waals surface area contributed by atoms with Crippen molar-refractivity contribution in [3.63, 3.8) is 0 Å². The van der Waals surface area contributed by atoms with Crippen LogP contribution < -0.4 is 10.5 Å². The first-order valence-corrected chi connectivity index (χ1v) is 11.6. The summed E-state index contributed by atoms with van der Waals surface area (Å²) in [6, 6.07) is 20.5. The number of hydrogen-bond acceptors (Lipinski definition) is 6. The molecule has 3 aromatic carbocycles. The summed E-state index contributed by atoms with van der Waals surface area (Å²) >= 11 is 0. The second-order valence-electron chi connectivity index (χ2n) is 7.59. The molecule has 0 saturated carbocycles. The number of sulfonamides is 1. The number of aromatic nitrogens is 1. The summed E-state index contributed by atoms with van der Waals surface area (Å²) in [5.41, 5.74) is 1.88. The molecule has 0 bridgehead atoms. The van der Waals surface area contributed by atoms with Crippen LogP contribution in [0.15, 0.2) is 86.9 Å². The summed E-state index contributed by atoms with van der Waals surface area (Å²) in [5.74, 6) is -0.407. The van der Waals surface area contributed by atoms with Crippen molar-refractivity contribution in [1.29, 1.82) is 0 Å². The minimum atomic E-state index is -3.68. The number of carbonyl (C=O) groups is 1. The predicted molar refractivity (Wildman–Crippen MR) is 123 cm³/mol. The summed E-state index contributed by atoms with van der Waals surface area (Å²) in [4.78, 5) is 25.1. The monoisotopic (exact) mass is 466 g/mol. The number of Topliss-reactive ketones (excluding diaryl/α,β-unsaturated/α-hetero) is 1. The largest absolute Gasteiger partial charge is 0.489 e. The Labute approximate surface area is 190 Å². The van der Waals surface area contributed by atoms with Crippen molar-refractivity contribution in [2.45, 2.75) is 18.0 Å². The number of oxazole rings is 1. The van der Waals surface area contributed by atoms with Gasteiger partial charge >= 0.3 is 5.76 Å². The summed E-state index contributed by atoms with van der Waals surface area (Å²) in [6.45, 7) is 0.173. The first-order valence-electron chi connectivity index (χ1n) is 10.1. The molecule has 0 saturated heterocycles. The van der Waals surface area contributed by atoms with Gasteiger partial charge in [0.1, 0.15) is 12.4 Å². The number of benzene rings is 3. The quantitative estimate of drug-likeness (QED) is 0.370. The summed E-state index contributed by atoms with van der Waals surface area (Å²) in [5, 5.41) is 0. The van der Waals surface area contributed by atoms with Crippen molar-refractivity contribution in [1.82, 2.24) is 8.87 Å². The van der Waals surface area contributed by atoms with E-state index in [-0.39, 0.29) is 22.8 Å². The molecule has 170 valence electrons. The van der Waals surface area contributed by atoms with Gasteiger partial charge in [-0.1, -0.05) is 30.3 Å². The fraction of sp³-hybridized carbons (Fsp3) is 0.167. The highest BCUT2D eigenvalue weighted by molar-refractivity contribution is 7.89. The summed E-state index contributed by atoms with van der Waals surface area (Å²) in [6.07, 6.45) is 0. The van der Waals surface area contributed by atoms with E-state index in [1.54, 1.807) is 24.3 Å². The fourth-order valence-corrected chi connectivity index (χ4v) is 4.20. The van der Waals surface area contributed by atoms with E-state index in [9.17, 15) is 18.0 Å². The molecule has 1 heterocycles. The lowest BCUT2D eigenvalue weighted by Crippen LogP contribution is -2.22. The van der Waals surface area contributed by atoms with Crippen LogP contribution in [0, 0.1) is 0 Å². The smallest absolute Gasteiger partial charge is 0.420 e. The molecule has 0 aliphatic rings. The minimum Gasteiger partial charge on any atom is -0.489 e.